The van der Waals surface area contributed by atoms with Crippen molar-refractivity contribution in [3.05, 3.63) is 90.5 Å². The number of imidazole rings is 1. The Labute approximate surface area is 163 Å². The van der Waals surface area contributed by atoms with Crippen LogP contribution < -0.4 is 0 Å². The average Bonchev–Trinajstić information content (AvgIpc) is 3.34. The molecule has 0 N–H and O–H groups in total. The number of hydrogen-bond acceptors (Lipinski definition) is 3. The van der Waals surface area contributed by atoms with Gasteiger partial charge in [-0.05, 0) is 54.8 Å². The maximum absolute atomic E-state index is 13.6. The van der Waals surface area contributed by atoms with E-state index < -0.39 is 0 Å². The summed E-state index contributed by atoms with van der Waals surface area (Å²) in [6.07, 6.45) is 9.86. The molecule has 1 aliphatic heterocycles. The van der Waals surface area contributed by atoms with E-state index in [2.05, 4.69) is 38.7 Å². The zero-order valence-electron chi connectivity index (χ0n) is 15.5. The predicted octanol–water partition coefficient (Wildman–Crippen LogP) is 4.87. The molecule has 0 radical (unpaired) electrons. The Morgan fingerprint density at radius 1 is 1.07 bits per heavy atom. The second-order valence-electron chi connectivity index (χ2n) is 7.34. The van der Waals surface area contributed by atoms with E-state index in [-0.39, 0.29) is 11.9 Å². The smallest absolute Gasteiger partial charge is 0.123 e. The molecule has 3 aromatic heterocycles. The largest absolute Gasteiger partial charge is 0.305 e. The van der Waals surface area contributed by atoms with Crippen LogP contribution in [0.1, 0.15) is 30.1 Å². The molecule has 5 rings (SSSR count). The van der Waals surface area contributed by atoms with Crippen molar-refractivity contribution in [3.8, 4) is 11.1 Å². The van der Waals surface area contributed by atoms with E-state index in [9.17, 15) is 4.39 Å². The van der Waals surface area contributed by atoms with Crippen LogP contribution in [0.5, 0.6) is 0 Å². The van der Waals surface area contributed by atoms with E-state index in [4.69, 9.17) is 4.98 Å². The maximum atomic E-state index is 13.6. The van der Waals surface area contributed by atoms with Crippen LogP contribution in [0.2, 0.25) is 0 Å². The van der Waals surface area contributed by atoms with Gasteiger partial charge in [0.25, 0.3) is 0 Å². The van der Waals surface area contributed by atoms with Gasteiger partial charge in [-0.1, -0.05) is 24.3 Å². The van der Waals surface area contributed by atoms with Crippen molar-refractivity contribution in [2.75, 3.05) is 6.54 Å². The molecule has 0 saturated carbocycles. The molecule has 1 atom stereocenters. The lowest BCUT2D eigenvalue weighted by molar-refractivity contribution is 0.246. The van der Waals surface area contributed by atoms with Crippen molar-refractivity contribution in [1.82, 2.24) is 19.3 Å². The number of likely N-dealkylation sites (tertiary alicyclic amines) is 1. The van der Waals surface area contributed by atoms with Gasteiger partial charge in [-0.3, -0.25) is 9.88 Å². The second-order valence-corrected chi connectivity index (χ2v) is 7.34. The number of hydrogen-bond donors (Lipinski definition) is 0. The van der Waals surface area contributed by atoms with E-state index in [0.717, 1.165) is 53.8 Å². The monoisotopic (exact) mass is 372 g/mol. The van der Waals surface area contributed by atoms with Crippen LogP contribution in [0, 0.1) is 5.82 Å². The first-order valence-electron chi connectivity index (χ1n) is 9.63. The number of pyridine rings is 2. The third-order valence-electron chi connectivity index (χ3n) is 5.51. The molecule has 1 fully saturated rings. The number of rotatable bonds is 4. The lowest BCUT2D eigenvalue weighted by atomic mass is 10.1. The van der Waals surface area contributed by atoms with Gasteiger partial charge in [0, 0.05) is 30.7 Å². The summed E-state index contributed by atoms with van der Waals surface area (Å²) >= 11 is 0. The van der Waals surface area contributed by atoms with Gasteiger partial charge in [0.1, 0.15) is 5.82 Å². The Morgan fingerprint density at radius 3 is 2.89 bits per heavy atom. The molecule has 0 aliphatic carbocycles. The summed E-state index contributed by atoms with van der Waals surface area (Å²) in [7, 11) is 0. The minimum Gasteiger partial charge on any atom is -0.305 e. The molecule has 4 aromatic rings. The van der Waals surface area contributed by atoms with Crippen LogP contribution in [0.3, 0.4) is 0 Å². The van der Waals surface area contributed by atoms with Crippen LogP contribution in [0.15, 0.2) is 73.4 Å². The van der Waals surface area contributed by atoms with Crippen LogP contribution in [-0.2, 0) is 6.54 Å². The molecule has 5 heteroatoms. The summed E-state index contributed by atoms with van der Waals surface area (Å²) in [5.74, 6) is -0.177. The molecule has 4 nitrogen and oxygen atoms in total. The summed E-state index contributed by atoms with van der Waals surface area (Å²) in [5.41, 5.74) is 5.45. The fourth-order valence-corrected chi connectivity index (χ4v) is 4.18. The Hall–Kier alpha value is -3.05. The third-order valence-corrected chi connectivity index (χ3v) is 5.51. The molecule has 1 aromatic carbocycles. The molecule has 4 heterocycles. The van der Waals surface area contributed by atoms with E-state index in [1.54, 1.807) is 18.3 Å². The van der Waals surface area contributed by atoms with Crippen LogP contribution in [0.4, 0.5) is 4.39 Å². The van der Waals surface area contributed by atoms with Crippen molar-refractivity contribution >= 4 is 5.52 Å². The van der Waals surface area contributed by atoms with Crippen LogP contribution in [0.25, 0.3) is 16.6 Å². The molecule has 140 valence electrons. The van der Waals surface area contributed by atoms with Gasteiger partial charge in [0.2, 0.25) is 0 Å². The molecule has 0 spiro atoms. The highest BCUT2D eigenvalue weighted by Crippen LogP contribution is 2.35. The van der Waals surface area contributed by atoms with Gasteiger partial charge in [-0.2, -0.15) is 0 Å². The number of nitrogens with zero attached hydrogens (tertiary/aromatic N) is 4. The van der Waals surface area contributed by atoms with E-state index in [1.165, 1.54) is 6.07 Å². The third kappa shape index (κ3) is 3.18. The summed E-state index contributed by atoms with van der Waals surface area (Å²) in [5, 5.41) is 0. The SMILES string of the molecule is Fc1cccc(CN2CCC[C@H]2c2ncn3cc(-c4cccnc4)ccc23)c1. The standard InChI is InChI=1S/C23H21FN4/c24-20-6-1-4-17(12-20)14-27-11-3-7-21(27)23-22-9-8-19(15-28(22)16-26-23)18-5-2-10-25-13-18/h1-2,4-6,8-10,12-13,15-16,21H,3,7,11,14H2/t21-/m0/s1. The highest BCUT2D eigenvalue weighted by molar-refractivity contribution is 5.66. The Balaban J connectivity index is 1.45. The Kier molecular flexibility index (Phi) is 4.37. The Morgan fingerprint density at radius 2 is 2.04 bits per heavy atom. The zero-order valence-corrected chi connectivity index (χ0v) is 15.5. The molecular weight excluding hydrogens is 351 g/mol. The van der Waals surface area contributed by atoms with E-state index in [0.29, 0.717) is 0 Å². The quantitative estimate of drug-likeness (QED) is 0.512. The van der Waals surface area contributed by atoms with Gasteiger partial charge < -0.3 is 4.40 Å². The Bertz CT molecular complexity index is 1110. The van der Waals surface area contributed by atoms with E-state index in [1.807, 2.05) is 24.7 Å². The minimum absolute atomic E-state index is 0.177. The van der Waals surface area contributed by atoms with E-state index >= 15 is 0 Å². The van der Waals surface area contributed by atoms with Crippen LogP contribution in [-0.4, -0.2) is 25.8 Å². The summed E-state index contributed by atoms with van der Waals surface area (Å²) in [4.78, 5) is 11.4. The van der Waals surface area contributed by atoms with Gasteiger partial charge in [0.05, 0.1) is 23.6 Å². The molecule has 0 unspecified atom stereocenters. The van der Waals surface area contributed by atoms with Crippen molar-refractivity contribution < 1.29 is 4.39 Å². The van der Waals surface area contributed by atoms with Crippen molar-refractivity contribution in [2.24, 2.45) is 0 Å². The first-order chi connectivity index (χ1) is 13.8. The maximum Gasteiger partial charge on any atom is 0.123 e. The van der Waals surface area contributed by atoms with Gasteiger partial charge in [0.15, 0.2) is 0 Å². The van der Waals surface area contributed by atoms with Crippen molar-refractivity contribution in [2.45, 2.75) is 25.4 Å². The first-order valence-corrected chi connectivity index (χ1v) is 9.63. The van der Waals surface area contributed by atoms with Gasteiger partial charge in [-0.15, -0.1) is 0 Å². The van der Waals surface area contributed by atoms with Crippen LogP contribution >= 0.6 is 0 Å². The average molecular weight is 372 g/mol. The molecule has 0 amide bonds. The van der Waals surface area contributed by atoms with Gasteiger partial charge >= 0.3 is 0 Å². The molecule has 1 aliphatic rings. The topological polar surface area (TPSA) is 33.4 Å². The van der Waals surface area contributed by atoms with Crippen molar-refractivity contribution in [1.29, 1.82) is 0 Å². The fraction of sp³-hybridized carbons (Fsp3) is 0.217. The molecule has 28 heavy (non-hydrogen) atoms. The van der Waals surface area contributed by atoms with Gasteiger partial charge in [-0.25, -0.2) is 9.37 Å². The lowest BCUT2D eigenvalue weighted by Crippen LogP contribution is -2.23. The summed E-state index contributed by atoms with van der Waals surface area (Å²) in [6, 6.07) is 15.4. The minimum atomic E-state index is -0.177. The molecule has 1 saturated heterocycles. The molecular formula is C23H21FN4. The number of aromatic nitrogens is 3. The summed E-state index contributed by atoms with van der Waals surface area (Å²) < 4.78 is 15.7. The number of fused-ring (bicyclic) bond motifs is 1. The fourth-order valence-electron chi connectivity index (χ4n) is 4.18. The molecule has 0 bridgehead atoms. The summed E-state index contributed by atoms with van der Waals surface area (Å²) in [6.45, 7) is 1.75. The number of benzene rings is 1. The van der Waals surface area contributed by atoms with Crippen molar-refractivity contribution in [3.63, 3.8) is 0 Å². The second kappa shape index (κ2) is 7.17. The highest BCUT2D eigenvalue weighted by Gasteiger charge is 2.29. The highest BCUT2D eigenvalue weighted by atomic mass is 19.1. The normalized spacial score (nSPS) is 17.4. The number of halogens is 1. The zero-order chi connectivity index (χ0) is 18.9. The lowest BCUT2D eigenvalue weighted by Gasteiger charge is -2.23. The predicted molar refractivity (Wildman–Crippen MR) is 107 cm³/mol. The first kappa shape index (κ1) is 17.1.